The van der Waals surface area contributed by atoms with Gasteiger partial charge >= 0.3 is 0 Å². The van der Waals surface area contributed by atoms with E-state index in [0.29, 0.717) is 11.6 Å². The number of benzene rings is 1. The predicted molar refractivity (Wildman–Crippen MR) is 104 cm³/mol. The highest BCUT2D eigenvalue weighted by Crippen LogP contribution is 2.33. The molecule has 0 amide bonds. The number of hydrogen-bond donors (Lipinski definition) is 1. The van der Waals surface area contributed by atoms with Crippen molar-refractivity contribution in [2.24, 2.45) is 4.99 Å². The van der Waals surface area contributed by atoms with E-state index in [1.807, 2.05) is 30.5 Å². The zero-order valence-electron chi connectivity index (χ0n) is 14.2. The number of anilines is 2. The third kappa shape index (κ3) is 2.35. The zero-order chi connectivity index (χ0) is 17.7. The number of fused-ring (bicyclic) bond motifs is 2. The Bertz CT molecular complexity index is 1070. The fraction of sp³-hybridized carbons (Fsp3) is 0.211. The van der Waals surface area contributed by atoms with Crippen LogP contribution in [0.2, 0.25) is 0 Å². The molecule has 0 unspecified atom stereocenters. The Morgan fingerprint density at radius 3 is 2.96 bits per heavy atom. The molecule has 0 aliphatic carbocycles. The van der Waals surface area contributed by atoms with Gasteiger partial charge in [-0.2, -0.15) is 0 Å². The van der Waals surface area contributed by atoms with Gasteiger partial charge in [0.2, 0.25) is 11.9 Å². The van der Waals surface area contributed by atoms with E-state index in [9.17, 15) is 4.79 Å². The monoisotopic (exact) mass is 363 g/mol. The van der Waals surface area contributed by atoms with Crippen molar-refractivity contribution in [1.82, 2.24) is 9.55 Å². The fourth-order valence-corrected chi connectivity index (χ4v) is 4.31. The number of aryl methyl sites for hydroxylation is 1. The van der Waals surface area contributed by atoms with Gasteiger partial charge in [0.25, 0.3) is 5.56 Å². The van der Waals surface area contributed by atoms with E-state index in [2.05, 4.69) is 33.4 Å². The molecule has 3 aromatic rings. The Kier molecular flexibility index (Phi) is 3.43. The van der Waals surface area contributed by atoms with Crippen LogP contribution in [-0.4, -0.2) is 22.1 Å². The van der Waals surface area contributed by atoms with Crippen molar-refractivity contribution >= 4 is 28.9 Å². The highest BCUT2D eigenvalue weighted by molar-refractivity contribution is 7.10. The SMILES string of the molecule is Cc1cc(=O)n2c(n1)NC(N1CCc3ccccc31)=N[C@@H]2c1cccs1. The van der Waals surface area contributed by atoms with E-state index in [1.54, 1.807) is 22.0 Å². The zero-order valence-corrected chi connectivity index (χ0v) is 15.0. The lowest BCUT2D eigenvalue weighted by Crippen LogP contribution is -2.42. The number of guanidine groups is 1. The second-order valence-electron chi connectivity index (χ2n) is 6.43. The van der Waals surface area contributed by atoms with E-state index in [4.69, 9.17) is 4.99 Å². The number of hydrogen-bond acceptors (Lipinski definition) is 6. The van der Waals surface area contributed by atoms with Gasteiger partial charge < -0.3 is 4.90 Å². The van der Waals surface area contributed by atoms with Gasteiger partial charge in [-0.25, -0.2) is 9.98 Å². The molecule has 1 aromatic carbocycles. The second kappa shape index (κ2) is 5.81. The highest BCUT2D eigenvalue weighted by atomic mass is 32.1. The van der Waals surface area contributed by atoms with Crippen molar-refractivity contribution in [1.29, 1.82) is 0 Å². The van der Waals surface area contributed by atoms with E-state index in [1.165, 1.54) is 5.56 Å². The van der Waals surface area contributed by atoms with Crippen molar-refractivity contribution in [3.05, 3.63) is 74.3 Å². The normalized spacial score (nSPS) is 18.1. The molecule has 6 nitrogen and oxygen atoms in total. The molecule has 26 heavy (non-hydrogen) atoms. The summed E-state index contributed by atoms with van der Waals surface area (Å²) in [5.41, 5.74) is 3.07. The van der Waals surface area contributed by atoms with Crippen molar-refractivity contribution in [2.45, 2.75) is 19.5 Å². The first-order valence-electron chi connectivity index (χ1n) is 8.54. The molecule has 130 valence electrons. The Labute approximate surface area is 154 Å². The van der Waals surface area contributed by atoms with Gasteiger partial charge in [-0.3, -0.25) is 14.7 Å². The number of aromatic nitrogens is 2. The minimum absolute atomic E-state index is 0.0944. The first kappa shape index (κ1) is 15.3. The number of nitrogens with one attached hydrogen (secondary N) is 1. The molecule has 0 saturated heterocycles. The third-order valence-corrected chi connectivity index (χ3v) is 5.65. The Balaban J connectivity index is 1.66. The lowest BCUT2D eigenvalue weighted by atomic mass is 10.2. The molecular weight excluding hydrogens is 346 g/mol. The van der Waals surface area contributed by atoms with Crippen molar-refractivity contribution in [3.63, 3.8) is 0 Å². The van der Waals surface area contributed by atoms with Gasteiger partial charge in [-0.15, -0.1) is 11.3 Å². The fourth-order valence-electron chi connectivity index (χ4n) is 3.56. The maximum absolute atomic E-state index is 12.6. The first-order valence-corrected chi connectivity index (χ1v) is 9.42. The Morgan fingerprint density at radius 2 is 2.12 bits per heavy atom. The third-order valence-electron chi connectivity index (χ3n) is 4.73. The summed E-state index contributed by atoms with van der Waals surface area (Å²) >= 11 is 1.60. The largest absolute Gasteiger partial charge is 0.312 e. The number of para-hydroxylation sites is 1. The summed E-state index contributed by atoms with van der Waals surface area (Å²) in [5, 5.41) is 5.29. The lowest BCUT2D eigenvalue weighted by Gasteiger charge is -2.30. The summed E-state index contributed by atoms with van der Waals surface area (Å²) < 4.78 is 1.63. The predicted octanol–water partition coefficient (Wildman–Crippen LogP) is 3.00. The van der Waals surface area contributed by atoms with Crippen LogP contribution in [0.5, 0.6) is 0 Å². The summed E-state index contributed by atoms with van der Waals surface area (Å²) in [6.07, 6.45) is 0.587. The van der Waals surface area contributed by atoms with Crippen molar-refractivity contribution < 1.29 is 0 Å². The molecule has 7 heteroatoms. The van der Waals surface area contributed by atoms with Gasteiger partial charge in [-0.05, 0) is 36.4 Å². The van der Waals surface area contributed by atoms with Crippen LogP contribution >= 0.6 is 11.3 Å². The highest BCUT2D eigenvalue weighted by Gasteiger charge is 2.30. The van der Waals surface area contributed by atoms with Crippen LogP contribution in [-0.2, 0) is 6.42 Å². The minimum Gasteiger partial charge on any atom is -0.312 e. The molecule has 0 radical (unpaired) electrons. The van der Waals surface area contributed by atoms with Crippen LogP contribution in [0.25, 0.3) is 0 Å². The molecule has 0 bridgehead atoms. The quantitative estimate of drug-likeness (QED) is 0.722. The number of rotatable bonds is 1. The molecule has 2 aromatic heterocycles. The number of aliphatic imine (C=N–C) groups is 1. The Morgan fingerprint density at radius 1 is 1.23 bits per heavy atom. The molecule has 1 N–H and O–H groups in total. The molecule has 0 spiro atoms. The van der Waals surface area contributed by atoms with Crippen molar-refractivity contribution in [3.8, 4) is 0 Å². The van der Waals surface area contributed by atoms with Gasteiger partial charge in [0.15, 0.2) is 6.17 Å². The average Bonchev–Trinajstić information content (AvgIpc) is 3.30. The summed E-state index contributed by atoms with van der Waals surface area (Å²) in [7, 11) is 0. The van der Waals surface area contributed by atoms with E-state index in [-0.39, 0.29) is 5.56 Å². The van der Waals surface area contributed by atoms with Crippen LogP contribution in [0.4, 0.5) is 11.6 Å². The van der Waals surface area contributed by atoms with Crippen LogP contribution < -0.4 is 15.8 Å². The van der Waals surface area contributed by atoms with E-state index >= 15 is 0 Å². The smallest absolute Gasteiger partial charge is 0.257 e. The van der Waals surface area contributed by atoms with Crippen LogP contribution in [0.3, 0.4) is 0 Å². The number of nitrogens with zero attached hydrogens (tertiary/aromatic N) is 4. The maximum atomic E-state index is 12.6. The summed E-state index contributed by atoms with van der Waals surface area (Å²) in [6.45, 7) is 2.69. The van der Waals surface area contributed by atoms with Crippen LogP contribution in [0.15, 0.2) is 57.6 Å². The first-order chi connectivity index (χ1) is 12.7. The molecular formula is C19H17N5OS. The lowest BCUT2D eigenvalue weighted by molar-refractivity contribution is 0.583. The summed E-state index contributed by atoms with van der Waals surface area (Å²) in [4.78, 5) is 25.3. The summed E-state index contributed by atoms with van der Waals surface area (Å²) in [5.74, 6) is 1.29. The van der Waals surface area contributed by atoms with Crippen LogP contribution in [0, 0.1) is 6.92 Å². The topological polar surface area (TPSA) is 62.5 Å². The molecule has 4 heterocycles. The molecule has 0 fully saturated rings. The maximum Gasteiger partial charge on any atom is 0.257 e. The van der Waals surface area contributed by atoms with Gasteiger partial charge in [0, 0.05) is 28.9 Å². The van der Waals surface area contributed by atoms with Gasteiger partial charge in [0.1, 0.15) is 0 Å². The van der Waals surface area contributed by atoms with Gasteiger partial charge in [0.05, 0.1) is 0 Å². The molecule has 5 rings (SSSR count). The van der Waals surface area contributed by atoms with E-state index in [0.717, 1.165) is 29.5 Å². The van der Waals surface area contributed by atoms with Gasteiger partial charge in [-0.1, -0.05) is 24.3 Å². The molecule has 1 atom stereocenters. The molecule has 2 aliphatic rings. The van der Waals surface area contributed by atoms with Crippen LogP contribution in [0.1, 0.15) is 22.3 Å². The Hall–Kier alpha value is -2.93. The molecule has 0 saturated carbocycles. The average molecular weight is 363 g/mol. The second-order valence-corrected chi connectivity index (χ2v) is 7.41. The number of thiophene rings is 1. The molecule has 2 aliphatic heterocycles. The minimum atomic E-state index is -0.394. The summed E-state index contributed by atoms with van der Waals surface area (Å²) in [6, 6.07) is 13.9. The van der Waals surface area contributed by atoms with E-state index < -0.39 is 6.17 Å². The van der Waals surface area contributed by atoms with Crippen molar-refractivity contribution in [2.75, 3.05) is 16.8 Å². The standard InChI is InChI=1S/C19H17N5OS/c1-12-11-16(25)24-17(15-7-4-10-26-15)21-18(22-19(24)20-12)23-9-8-13-5-2-3-6-14(13)23/h2-7,10-11,17H,8-9H2,1H3,(H,20,21,22)/t17-/m0/s1.